The Bertz CT molecular complexity index is 1430. The number of carboxylic acids is 1. The number of nitriles is 1. The molecule has 10 heteroatoms. The van der Waals surface area contributed by atoms with Gasteiger partial charge in [0.1, 0.15) is 17.6 Å². The average Bonchev–Trinajstić information content (AvgIpc) is 3.58. The first-order valence-electron chi connectivity index (χ1n) is 16.8. The molecule has 0 aliphatic heterocycles. The summed E-state index contributed by atoms with van der Waals surface area (Å²) in [7, 11) is 1.45. The van der Waals surface area contributed by atoms with E-state index in [0.29, 0.717) is 43.9 Å². The van der Waals surface area contributed by atoms with Gasteiger partial charge in [-0.2, -0.15) is 5.26 Å². The maximum Gasteiger partial charge on any atom is 0.309 e. The van der Waals surface area contributed by atoms with E-state index in [2.05, 4.69) is 16.7 Å². The number of hydrogen-bond donors (Lipinski definition) is 4. The summed E-state index contributed by atoms with van der Waals surface area (Å²) < 4.78 is 11.8. The number of amides is 2. The normalized spacial score (nSPS) is 40.9. The van der Waals surface area contributed by atoms with Gasteiger partial charge in [0.25, 0.3) is 5.91 Å². The molecule has 4 N–H and O–H groups in total. The lowest BCUT2D eigenvalue weighted by molar-refractivity contribution is -0.154. The fourth-order valence-corrected chi connectivity index (χ4v) is 10.6. The van der Waals surface area contributed by atoms with Crippen LogP contribution < -0.4 is 20.1 Å². The zero-order valence-electron chi connectivity index (χ0n) is 26.3. The van der Waals surface area contributed by atoms with Gasteiger partial charge >= 0.3 is 5.97 Å². The van der Waals surface area contributed by atoms with Crippen molar-refractivity contribution in [3.8, 4) is 17.6 Å². The van der Waals surface area contributed by atoms with E-state index in [1.807, 2.05) is 0 Å². The van der Waals surface area contributed by atoms with Crippen LogP contribution in [-0.4, -0.2) is 58.4 Å². The quantitative estimate of drug-likeness (QED) is 0.335. The Morgan fingerprint density at radius 1 is 0.978 bits per heavy atom. The molecule has 7 saturated carbocycles. The number of methoxy groups -OCH3 is 1. The Balaban J connectivity index is 1.08. The van der Waals surface area contributed by atoms with Gasteiger partial charge in [-0.05, 0) is 120 Å². The van der Waals surface area contributed by atoms with Crippen molar-refractivity contribution in [2.24, 2.45) is 35.0 Å². The van der Waals surface area contributed by atoms with E-state index in [1.54, 1.807) is 13.0 Å². The minimum Gasteiger partial charge on any atom is -0.496 e. The second-order valence-corrected chi connectivity index (χ2v) is 15.7. The lowest BCUT2D eigenvalue weighted by Crippen LogP contribution is -2.66. The zero-order valence-corrected chi connectivity index (χ0v) is 26.3. The molecule has 6 bridgehead atoms. The average molecular weight is 620 g/mol. The molecule has 7 aliphatic carbocycles. The van der Waals surface area contributed by atoms with Gasteiger partial charge < -0.3 is 30.3 Å². The number of nitrogens with zero attached hydrogens (tertiary/aromatic N) is 1. The minimum atomic E-state index is -0.815. The van der Waals surface area contributed by atoms with Gasteiger partial charge in [0, 0.05) is 17.6 Å². The third-order valence-corrected chi connectivity index (χ3v) is 12.4. The van der Waals surface area contributed by atoms with Crippen molar-refractivity contribution in [3.05, 3.63) is 23.3 Å². The molecule has 0 heterocycles. The van der Waals surface area contributed by atoms with Gasteiger partial charge in [-0.1, -0.05) is 0 Å². The smallest absolute Gasteiger partial charge is 0.309 e. The molecule has 0 radical (unpaired) electrons. The molecule has 1 aromatic rings. The van der Waals surface area contributed by atoms with Crippen LogP contribution in [-0.2, 0) is 9.59 Å². The van der Waals surface area contributed by atoms with Gasteiger partial charge in [-0.15, -0.1) is 0 Å². The Kier molecular flexibility index (Phi) is 7.34. The summed E-state index contributed by atoms with van der Waals surface area (Å²) in [6, 6.07) is 4.89. The molecule has 0 spiro atoms. The van der Waals surface area contributed by atoms with Gasteiger partial charge in [0.2, 0.25) is 5.91 Å². The van der Waals surface area contributed by atoms with E-state index in [1.165, 1.54) is 13.2 Å². The van der Waals surface area contributed by atoms with Crippen LogP contribution >= 0.6 is 0 Å². The number of carboxylic acid groups (broad SMARTS) is 1. The van der Waals surface area contributed by atoms with Crippen LogP contribution in [0, 0.1) is 46.3 Å². The molecular weight excluding hydrogens is 574 g/mol. The first-order chi connectivity index (χ1) is 21.4. The van der Waals surface area contributed by atoms with E-state index >= 15 is 0 Å². The van der Waals surface area contributed by atoms with Crippen LogP contribution in [0.5, 0.6) is 11.5 Å². The fourth-order valence-electron chi connectivity index (χ4n) is 10.6. The van der Waals surface area contributed by atoms with Crippen LogP contribution in [0.4, 0.5) is 0 Å². The number of nitrogens with one attached hydrogen (secondary N) is 2. The molecule has 7 fully saturated rings. The first-order valence-corrected chi connectivity index (χ1v) is 16.8. The minimum absolute atomic E-state index is 0.000440. The molecule has 2 amide bonds. The summed E-state index contributed by atoms with van der Waals surface area (Å²) in [5.41, 5.74) is -1.33. The Hall–Kier alpha value is -3.32. The van der Waals surface area contributed by atoms with Crippen LogP contribution in [0.25, 0.3) is 0 Å². The van der Waals surface area contributed by atoms with Crippen molar-refractivity contribution in [3.63, 3.8) is 0 Å². The van der Waals surface area contributed by atoms with E-state index in [0.717, 1.165) is 51.4 Å². The Morgan fingerprint density at radius 3 is 2.29 bits per heavy atom. The predicted octanol–water partition coefficient (Wildman–Crippen LogP) is 4.32. The molecule has 6 atom stereocenters. The first kappa shape index (κ1) is 30.3. The number of benzene rings is 1. The Labute approximate surface area is 264 Å². The maximum absolute atomic E-state index is 14.1. The summed E-state index contributed by atoms with van der Waals surface area (Å²) >= 11 is 0. The highest BCUT2D eigenvalue weighted by atomic mass is 16.5. The fraction of sp³-hybridized carbons (Fsp3) is 0.714. The monoisotopic (exact) mass is 619 g/mol. The number of carbonyl (C=O) groups excluding carboxylic acids is 2. The highest BCUT2D eigenvalue weighted by Gasteiger charge is 2.59. The number of carbonyl (C=O) groups is 3. The zero-order chi connectivity index (χ0) is 31.7. The number of aliphatic hydroxyl groups is 1. The predicted molar refractivity (Wildman–Crippen MR) is 162 cm³/mol. The summed E-state index contributed by atoms with van der Waals surface area (Å²) in [6.07, 6.45) is 9.87. The second-order valence-electron chi connectivity index (χ2n) is 15.7. The van der Waals surface area contributed by atoms with Crippen molar-refractivity contribution in [2.45, 2.75) is 114 Å². The highest BCUT2D eigenvalue weighted by Crippen LogP contribution is 2.58. The van der Waals surface area contributed by atoms with E-state index in [9.17, 15) is 29.9 Å². The van der Waals surface area contributed by atoms with Gasteiger partial charge in [-0.3, -0.25) is 14.4 Å². The summed E-state index contributed by atoms with van der Waals surface area (Å²) in [5, 5.41) is 37.3. The molecule has 242 valence electrons. The second kappa shape index (κ2) is 10.9. The molecule has 8 rings (SSSR count). The largest absolute Gasteiger partial charge is 0.496 e. The van der Waals surface area contributed by atoms with Crippen LogP contribution in [0.2, 0.25) is 0 Å². The highest BCUT2D eigenvalue weighted by molar-refractivity contribution is 5.98. The number of aliphatic carboxylic acids is 1. The van der Waals surface area contributed by atoms with Crippen molar-refractivity contribution in [1.29, 1.82) is 5.26 Å². The van der Waals surface area contributed by atoms with E-state index in [-0.39, 0.29) is 69.9 Å². The summed E-state index contributed by atoms with van der Waals surface area (Å²) in [4.78, 5) is 39.7. The maximum atomic E-state index is 14.1. The van der Waals surface area contributed by atoms with Crippen molar-refractivity contribution in [1.82, 2.24) is 10.6 Å². The van der Waals surface area contributed by atoms with Crippen LogP contribution in [0.1, 0.15) is 106 Å². The van der Waals surface area contributed by atoms with Crippen LogP contribution in [0.15, 0.2) is 12.1 Å². The van der Waals surface area contributed by atoms with E-state index in [4.69, 9.17) is 9.47 Å². The number of ether oxygens (including phenoxy) is 2. The van der Waals surface area contributed by atoms with Crippen molar-refractivity contribution in [2.75, 3.05) is 7.11 Å². The molecule has 0 saturated heterocycles. The number of fused-ring (bicyclic) bond motifs is 2. The van der Waals surface area contributed by atoms with Crippen LogP contribution in [0.3, 0.4) is 0 Å². The molecule has 0 aromatic heterocycles. The van der Waals surface area contributed by atoms with Gasteiger partial charge in [0.05, 0.1) is 41.3 Å². The molecular formula is C35H45N3O7. The number of rotatable bonds is 8. The molecule has 10 nitrogen and oxygen atoms in total. The lowest BCUT2D eigenvalue weighted by Gasteiger charge is -2.60. The standard InChI is InChI=1S/C35H45N3O7/c1-33(32(41)42)7-5-24(6-8-33)45-26-12-25(27(44-2)11-23(26)17-36)30(39)37-29-22-4-3-21(10-22)28(29)31(40)38-34-13-19-9-20(14-34)16-35(43,15-19)18-34/h11-12,19-22,24,28-29,43H,3-10,13-16,18H2,1-2H3,(H,37,39)(H,38,40)(H,41,42)/t19-,20-,21+,22-,24?,28-,29+,33?,34?,35?/m0/s1. The van der Waals surface area contributed by atoms with E-state index < -0.39 is 17.0 Å². The Morgan fingerprint density at radius 2 is 1.67 bits per heavy atom. The lowest BCUT2D eigenvalue weighted by atomic mass is 9.51. The van der Waals surface area contributed by atoms with Gasteiger partial charge in [-0.25, -0.2) is 0 Å². The van der Waals surface area contributed by atoms with Crippen molar-refractivity contribution < 1.29 is 34.1 Å². The molecule has 1 aromatic carbocycles. The number of hydrogen-bond acceptors (Lipinski definition) is 7. The SMILES string of the molecule is COc1cc(C#N)c(OC2CCC(C)(C(=O)O)CC2)cc1C(=O)N[C@@H]1[C@H]2CC[C@H](C2)[C@@H]1C(=O)NC12C[C@@H]3C[C@H](CC(O)(C3)C1)C2. The summed E-state index contributed by atoms with van der Waals surface area (Å²) in [5.74, 6) is 0.348. The topological polar surface area (TPSA) is 158 Å². The molecule has 0 unspecified atom stereocenters. The molecule has 7 aliphatic rings. The third-order valence-electron chi connectivity index (χ3n) is 12.4. The summed E-state index contributed by atoms with van der Waals surface area (Å²) in [6.45, 7) is 1.75. The molecule has 45 heavy (non-hydrogen) atoms. The van der Waals surface area contributed by atoms with Crippen molar-refractivity contribution >= 4 is 17.8 Å². The van der Waals surface area contributed by atoms with Gasteiger partial charge in [0.15, 0.2) is 0 Å². The third kappa shape index (κ3) is 5.35.